The highest BCUT2D eigenvalue weighted by Gasteiger charge is 2.10. The third-order valence-corrected chi connectivity index (χ3v) is 3.18. The summed E-state index contributed by atoms with van der Waals surface area (Å²) in [5.74, 6) is 1.77. The molecule has 0 radical (unpaired) electrons. The molecule has 0 aromatic heterocycles. The Morgan fingerprint density at radius 3 is 2.74 bits per heavy atom. The zero-order valence-electron chi connectivity index (χ0n) is 11.7. The molecule has 0 saturated heterocycles. The molecule has 0 aliphatic carbocycles. The number of fused-ring (bicyclic) bond motifs is 1. The van der Waals surface area contributed by atoms with Crippen LogP contribution in [0.3, 0.4) is 0 Å². The molecule has 2 rings (SSSR count). The minimum Gasteiger partial charge on any atom is -0.490 e. The van der Waals surface area contributed by atoms with E-state index >= 15 is 0 Å². The third kappa shape index (κ3) is 4.73. The highest BCUT2D eigenvalue weighted by molar-refractivity contribution is 5.43. The largest absolute Gasteiger partial charge is 0.490 e. The molecule has 1 aliphatic rings. The third-order valence-electron chi connectivity index (χ3n) is 3.18. The van der Waals surface area contributed by atoms with E-state index in [0.29, 0.717) is 0 Å². The van der Waals surface area contributed by atoms with E-state index in [1.165, 1.54) is 5.56 Å². The molecule has 4 nitrogen and oxygen atoms in total. The van der Waals surface area contributed by atoms with Crippen molar-refractivity contribution < 1.29 is 9.47 Å². The zero-order chi connectivity index (χ0) is 13.3. The lowest BCUT2D eigenvalue weighted by Crippen LogP contribution is -2.21. The summed E-state index contributed by atoms with van der Waals surface area (Å²) in [5, 5.41) is 6.59. The average molecular weight is 264 g/mol. The summed E-state index contributed by atoms with van der Waals surface area (Å²) in [7, 11) is 1.98. The predicted molar refractivity (Wildman–Crippen MR) is 77.2 cm³/mol. The first-order valence-electron chi connectivity index (χ1n) is 7.14. The van der Waals surface area contributed by atoms with Crippen LogP contribution in [0.25, 0.3) is 0 Å². The minimum atomic E-state index is 0.749. The Morgan fingerprint density at radius 2 is 1.89 bits per heavy atom. The molecule has 0 fully saturated rings. The van der Waals surface area contributed by atoms with Crippen LogP contribution in [0.5, 0.6) is 11.5 Å². The zero-order valence-corrected chi connectivity index (χ0v) is 11.7. The lowest BCUT2D eigenvalue weighted by molar-refractivity contribution is 0.297. The summed E-state index contributed by atoms with van der Waals surface area (Å²) in [6.07, 6.45) is 3.14. The lowest BCUT2D eigenvalue weighted by atomic mass is 10.1. The molecule has 1 aromatic carbocycles. The fraction of sp³-hybridized carbons (Fsp3) is 0.600. The van der Waals surface area contributed by atoms with Gasteiger partial charge in [0.2, 0.25) is 0 Å². The van der Waals surface area contributed by atoms with Crippen LogP contribution in [0.15, 0.2) is 18.2 Å². The minimum absolute atomic E-state index is 0.749. The quantitative estimate of drug-likeness (QED) is 0.734. The van der Waals surface area contributed by atoms with E-state index < -0.39 is 0 Å². The van der Waals surface area contributed by atoms with Crippen molar-refractivity contribution in [3.63, 3.8) is 0 Å². The van der Waals surface area contributed by atoms with Crippen molar-refractivity contribution in [2.24, 2.45) is 0 Å². The van der Waals surface area contributed by atoms with Crippen molar-refractivity contribution in [2.45, 2.75) is 19.3 Å². The Morgan fingerprint density at radius 1 is 1.05 bits per heavy atom. The fourth-order valence-electron chi connectivity index (χ4n) is 2.11. The van der Waals surface area contributed by atoms with Crippen molar-refractivity contribution >= 4 is 0 Å². The topological polar surface area (TPSA) is 42.5 Å². The van der Waals surface area contributed by atoms with E-state index in [0.717, 1.165) is 63.6 Å². The summed E-state index contributed by atoms with van der Waals surface area (Å²) in [5.41, 5.74) is 1.30. The van der Waals surface area contributed by atoms with Gasteiger partial charge in [-0.25, -0.2) is 0 Å². The molecule has 1 aromatic rings. The smallest absolute Gasteiger partial charge is 0.161 e. The van der Waals surface area contributed by atoms with Gasteiger partial charge >= 0.3 is 0 Å². The Balaban J connectivity index is 1.76. The second-order valence-corrected chi connectivity index (χ2v) is 4.79. The molecule has 106 valence electrons. The van der Waals surface area contributed by atoms with Gasteiger partial charge in [0.15, 0.2) is 11.5 Å². The molecule has 1 aliphatic heterocycles. The van der Waals surface area contributed by atoms with Crippen LogP contribution in [-0.2, 0) is 6.42 Å². The van der Waals surface area contributed by atoms with Gasteiger partial charge in [0.05, 0.1) is 13.2 Å². The maximum atomic E-state index is 5.69. The molecule has 0 bridgehead atoms. The first-order chi connectivity index (χ1) is 9.40. The van der Waals surface area contributed by atoms with Gasteiger partial charge in [0.25, 0.3) is 0 Å². The second kappa shape index (κ2) is 8.02. The number of hydrogen-bond acceptors (Lipinski definition) is 4. The Bertz CT molecular complexity index is 382. The van der Waals surface area contributed by atoms with E-state index in [1.54, 1.807) is 0 Å². The van der Waals surface area contributed by atoms with Gasteiger partial charge in [-0.15, -0.1) is 0 Å². The van der Waals surface area contributed by atoms with Crippen LogP contribution in [0.2, 0.25) is 0 Å². The summed E-state index contributed by atoms with van der Waals surface area (Å²) in [4.78, 5) is 0. The summed E-state index contributed by atoms with van der Waals surface area (Å²) in [6.45, 7) is 4.63. The van der Waals surface area contributed by atoms with Crippen LogP contribution >= 0.6 is 0 Å². The highest BCUT2D eigenvalue weighted by atomic mass is 16.5. The van der Waals surface area contributed by atoms with Gasteiger partial charge in [-0.3, -0.25) is 0 Å². The molecule has 4 heteroatoms. The van der Waals surface area contributed by atoms with Gasteiger partial charge in [0, 0.05) is 6.42 Å². The standard InChI is InChI=1S/C15H24N2O2/c1-16-7-2-8-17-9-6-13-4-5-14-15(12-13)19-11-3-10-18-14/h4-5,12,16-17H,2-3,6-11H2,1H3. The van der Waals surface area contributed by atoms with Crippen molar-refractivity contribution in [3.05, 3.63) is 23.8 Å². The van der Waals surface area contributed by atoms with E-state index in [4.69, 9.17) is 9.47 Å². The first-order valence-corrected chi connectivity index (χ1v) is 7.14. The molecule has 0 saturated carbocycles. The fourth-order valence-corrected chi connectivity index (χ4v) is 2.11. The molecule has 1 heterocycles. The first kappa shape index (κ1) is 14.2. The van der Waals surface area contributed by atoms with Crippen molar-refractivity contribution in [3.8, 4) is 11.5 Å². The summed E-state index contributed by atoms with van der Waals surface area (Å²) >= 11 is 0. The molecule has 2 N–H and O–H groups in total. The molecule has 19 heavy (non-hydrogen) atoms. The number of rotatable bonds is 7. The van der Waals surface area contributed by atoms with Crippen LogP contribution in [-0.4, -0.2) is 39.9 Å². The molecule has 0 atom stereocenters. The molecule has 0 spiro atoms. The average Bonchev–Trinajstić information content (AvgIpc) is 2.67. The Labute approximate surface area is 115 Å². The normalized spacial score (nSPS) is 14.2. The number of hydrogen-bond donors (Lipinski definition) is 2. The lowest BCUT2D eigenvalue weighted by Gasteiger charge is -2.10. The van der Waals surface area contributed by atoms with E-state index in [2.05, 4.69) is 22.8 Å². The predicted octanol–water partition coefficient (Wildman–Crippen LogP) is 1.59. The number of nitrogens with one attached hydrogen (secondary N) is 2. The van der Waals surface area contributed by atoms with Crippen LogP contribution in [0.1, 0.15) is 18.4 Å². The van der Waals surface area contributed by atoms with Gasteiger partial charge in [-0.2, -0.15) is 0 Å². The second-order valence-electron chi connectivity index (χ2n) is 4.79. The Kier molecular flexibility index (Phi) is 5.98. The maximum absolute atomic E-state index is 5.69. The van der Waals surface area contributed by atoms with Crippen LogP contribution in [0.4, 0.5) is 0 Å². The van der Waals surface area contributed by atoms with Gasteiger partial charge < -0.3 is 20.1 Å². The van der Waals surface area contributed by atoms with Gasteiger partial charge in [-0.05, 0) is 57.2 Å². The Hall–Kier alpha value is -1.26. The molecular formula is C15H24N2O2. The highest BCUT2D eigenvalue weighted by Crippen LogP contribution is 2.30. The molecular weight excluding hydrogens is 240 g/mol. The molecule has 0 unspecified atom stereocenters. The number of ether oxygens (including phenoxy) is 2. The SMILES string of the molecule is CNCCCNCCc1ccc2c(c1)OCCCO2. The van der Waals surface area contributed by atoms with E-state index in [1.807, 2.05) is 13.1 Å². The van der Waals surface area contributed by atoms with Gasteiger partial charge in [-0.1, -0.05) is 6.07 Å². The van der Waals surface area contributed by atoms with Crippen molar-refractivity contribution in [2.75, 3.05) is 39.9 Å². The van der Waals surface area contributed by atoms with Crippen molar-refractivity contribution in [1.82, 2.24) is 10.6 Å². The summed E-state index contributed by atoms with van der Waals surface area (Å²) < 4.78 is 11.3. The van der Waals surface area contributed by atoms with E-state index in [-0.39, 0.29) is 0 Å². The van der Waals surface area contributed by atoms with Crippen LogP contribution < -0.4 is 20.1 Å². The monoisotopic (exact) mass is 264 g/mol. The van der Waals surface area contributed by atoms with E-state index in [9.17, 15) is 0 Å². The maximum Gasteiger partial charge on any atom is 0.161 e. The molecule has 0 amide bonds. The summed E-state index contributed by atoms with van der Waals surface area (Å²) in [6, 6.07) is 6.26. The van der Waals surface area contributed by atoms with Gasteiger partial charge in [0.1, 0.15) is 0 Å². The van der Waals surface area contributed by atoms with Crippen LogP contribution in [0, 0.1) is 0 Å². The van der Waals surface area contributed by atoms with Crippen molar-refractivity contribution in [1.29, 1.82) is 0 Å². The number of benzene rings is 1.